The van der Waals surface area contributed by atoms with Crippen LogP contribution in [0.15, 0.2) is 12.1 Å². The normalized spacial score (nSPS) is 10.8. The van der Waals surface area contributed by atoms with Crippen molar-refractivity contribution in [3.05, 3.63) is 23.4 Å². The first-order chi connectivity index (χ1) is 5.68. The van der Waals surface area contributed by atoms with Crippen LogP contribution in [0.2, 0.25) is 0 Å². The molecule has 62 valence electrons. The number of anilines is 1. The lowest BCUT2D eigenvalue weighted by atomic mass is 10.1. The van der Waals surface area contributed by atoms with Crippen LogP contribution in [0.4, 0.5) is 5.69 Å². The van der Waals surface area contributed by atoms with E-state index in [0.29, 0.717) is 0 Å². The fraction of sp³-hybridized carbons (Fsp3) is 0.222. The largest absolute Gasteiger partial charge is 0.399 e. The first-order valence-electron chi connectivity index (χ1n) is 3.89. The van der Waals surface area contributed by atoms with Crippen LogP contribution in [0.25, 0.3) is 10.9 Å². The number of aromatic amines is 1. The quantitative estimate of drug-likeness (QED) is 0.578. The van der Waals surface area contributed by atoms with Crippen molar-refractivity contribution in [1.29, 1.82) is 0 Å². The maximum absolute atomic E-state index is 5.71. The second kappa shape index (κ2) is 2.24. The third kappa shape index (κ3) is 0.863. The van der Waals surface area contributed by atoms with Crippen molar-refractivity contribution in [1.82, 2.24) is 10.2 Å². The van der Waals surface area contributed by atoms with E-state index in [1.165, 1.54) is 0 Å². The monoisotopic (exact) mass is 161 g/mol. The summed E-state index contributed by atoms with van der Waals surface area (Å²) in [5, 5.41) is 8.21. The van der Waals surface area contributed by atoms with Crippen molar-refractivity contribution >= 4 is 16.6 Å². The Morgan fingerprint density at radius 1 is 1.33 bits per heavy atom. The van der Waals surface area contributed by atoms with Gasteiger partial charge in [0.2, 0.25) is 0 Å². The molecule has 1 aromatic carbocycles. The number of nitrogens with one attached hydrogen (secondary N) is 1. The number of hydrogen-bond acceptors (Lipinski definition) is 2. The van der Waals surface area contributed by atoms with E-state index in [4.69, 9.17) is 5.73 Å². The van der Waals surface area contributed by atoms with Gasteiger partial charge in [0.15, 0.2) is 0 Å². The van der Waals surface area contributed by atoms with Gasteiger partial charge >= 0.3 is 0 Å². The average molecular weight is 161 g/mol. The summed E-state index contributed by atoms with van der Waals surface area (Å²) in [6, 6.07) is 3.89. The molecule has 0 aliphatic rings. The van der Waals surface area contributed by atoms with Crippen LogP contribution in [-0.2, 0) is 0 Å². The maximum Gasteiger partial charge on any atom is 0.0683 e. The maximum atomic E-state index is 5.71. The molecule has 0 bridgehead atoms. The van der Waals surface area contributed by atoms with Crippen molar-refractivity contribution in [3.63, 3.8) is 0 Å². The molecule has 0 spiro atoms. The van der Waals surface area contributed by atoms with Gasteiger partial charge in [-0.1, -0.05) is 0 Å². The fourth-order valence-corrected chi connectivity index (χ4v) is 1.45. The molecule has 0 aliphatic heterocycles. The molecule has 12 heavy (non-hydrogen) atoms. The van der Waals surface area contributed by atoms with Crippen LogP contribution in [-0.4, -0.2) is 10.2 Å². The standard InChI is InChI=1S/C9H11N3/c1-5-3-7(10)4-8-6(2)11-12-9(5)8/h3-4H,10H2,1-2H3,(H,11,12). The molecule has 0 aliphatic carbocycles. The summed E-state index contributed by atoms with van der Waals surface area (Å²) in [6.07, 6.45) is 0. The number of nitrogens with zero attached hydrogens (tertiary/aromatic N) is 1. The third-order valence-corrected chi connectivity index (χ3v) is 2.08. The highest BCUT2D eigenvalue weighted by atomic mass is 15.1. The highest BCUT2D eigenvalue weighted by molar-refractivity contribution is 5.87. The molecule has 0 radical (unpaired) electrons. The number of H-pyrrole nitrogens is 1. The molecule has 1 aromatic heterocycles. The average Bonchev–Trinajstić information content (AvgIpc) is 2.33. The SMILES string of the molecule is Cc1n[nH]c2c(C)cc(N)cc12. The van der Waals surface area contributed by atoms with Gasteiger partial charge in [0.25, 0.3) is 0 Å². The molecular weight excluding hydrogens is 150 g/mol. The Bertz CT molecular complexity index is 429. The van der Waals surface area contributed by atoms with Crippen LogP contribution < -0.4 is 5.73 Å². The topological polar surface area (TPSA) is 54.7 Å². The highest BCUT2D eigenvalue weighted by Crippen LogP contribution is 2.21. The van der Waals surface area contributed by atoms with Crippen molar-refractivity contribution in [2.75, 3.05) is 5.73 Å². The van der Waals surface area contributed by atoms with Gasteiger partial charge in [-0.3, -0.25) is 5.10 Å². The second-order valence-electron chi connectivity index (χ2n) is 3.07. The predicted octanol–water partition coefficient (Wildman–Crippen LogP) is 1.76. The minimum absolute atomic E-state index is 0.796. The molecule has 0 fully saturated rings. The Morgan fingerprint density at radius 3 is 2.83 bits per heavy atom. The van der Waals surface area contributed by atoms with E-state index in [-0.39, 0.29) is 0 Å². The molecule has 2 rings (SSSR count). The van der Waals surface area contributed by atoms with E-state index in [1.54, 1.807) is 0 Å². The minimum Gasteiger partial charge on any atom is -0.399 e. The number of nitrogen functional groups attached to an aromatic ring is 1. The van der Waals surface area contributed by atoms with E-state index in [1.807, 2.05) is 26.0 Å². The Hall–Kier alpha value is -1.51. The van der Waals surface area contributed by atoms with Gasteiger partial charge < -0.3 is 5.73 Å². The van der Waals surface area contributed by atoms with Gasteiger partial charge in [-0.15, -0.1) is 0 Å². The number of rotatable bonds is 0. The lowest BCUT2D eigenvalue weighted by Gasteiger charge is -1.97. The lowest BCUT2D eigenvalue weighted by Crippen LogP contribution is -1.86. The summed E-state index contributed by atoms with van der Waals surface area (Å²) in [5.74, 6) is 0. The predicted molar refractivity (Wildman–Crippen MR) is 50.0 cm³/mol. The molecule has 2 aromatic rings. The second-order valence-corrected chi connectivity index (χ2v) is 3.07. The van der Waals surface area contributed by atoms with Crippen molar-refractivity contribution < 1.29 is 0 Å². The van der Waals surface area contributed by atoms with Crippen molar-refractivity contribution in [2.45, 2.75) is 13.8 Å². The number of aryl methyl sites for hydroxylation is 2. The van der Waals surface area contributed by atoms with E-state index in [9.17, 15) is 0 Å². The van der Waals surface area contributed by atoms with Crippen LogP contribution in [0.3, 0.4) is 0 Å². The first kappa shape index (κ1) is 7.16. The summed E-state index contributed by atoms with van der Waals surface area (Å²) in [5.41, 5.74) is 9.74. The summed E-state index contributed by atoms with van der Waals surface area (Å²) >= 11 is 0. The number of hydrogen-bond donors (Lipinski definition) is 2. The van der Waals surface area contributed by atoms with Crippen LogP contribution in [0.1, 0.15) is 11.3 Å². The van der Waals surface area contributed by atoms with Crippen LogP contribution in [0, 0.1) is 13.8 Å². The van der Waals surface area contributed by atoms with E-state index >= 15 is 0 Å². The van der Waals surface area contributed by atoms with Gasteiger partial charge in [-0.05, 0) is 31.5 Å². The Labute approximate surface area is 70.6 Å². The Morgan fingerprint density at radius 2 is 2.08 bits per heavy atom. The zero-order valence-electron chi connectivity index (χ0n) is 7.18. The molecule has 0 amide bonds. The van der Waals surface area contributed by atoms with E-state index in [0.717, 1.165) is 27.8 Å². The number of aromatic nitrogens is 2. The highest BCUT2D eigenvalue weighted by Gasteiger charge is 2.03. The summed E-state index contributed by atoms with van der Waals surface area (Å²) in [6.45, 7) is 3.99. The molecule has 1 heterocycles. The lowest BCUT2D eigenvalue weighted by molar-refractivity contribution is 1.06. The minimum atomic E-state index is 0.796. The van der Waals surface area contributed by atoms with Gasteiger partial charge in [0.05, 0.1) is 11.2 Å². The smallest absolute Gasteiger partial charge is 0.0683 e. The van der Waals surface area contributed by atoms with Gasteiger partial charge in [0.1, 0.15) is 0 Å². The van der Waals surface area contributed by atoms with E-state index in [2.05, 4.69) is 10.2 Å². The van der Waals surface area contributed by atoms with Gasteiger partial charge in [0, 0.05) is 11.1 Å². The third-order valence-electron chi connectivity index (χ3n) is 2.08. The molecule has 3 heteroatoms. The van der Waals surface area contributed by atoms with Crippen molar-refractivity contribution in [3.8, 4) is 0 Å². The molecule has 3 nitrogen and oxygen atoms in total. The molecule has 0 unspecified atom stereocenters. The zero-order valence-corrected chi connectivity index (χ0v) is 7.18. The number of nitrogens with two attached hydrogens (primary N) is 1. The van der Waals surface area contributed by atoms with Crippen LogP contribution in [0.5, 0.6) is 0 Å². The molecule has 0 saturated heterocycles. The molecule has 0 saturated carbocycles. The van der Waals surface area contributed by atoms with Crippen LogP contribution >= 0.6 is 0 Å². The zero-order chi connectivity index (χ0) is 8.72. The first-order valence-corrected chi connectivity index (χ1v) is 3.89. The summed E-state index contributed by atoms with van der Waals surface area (Å²) < 4.78 is 0. The Kier molecular flexibility index (Phi) is 1.33. The summed E-state index contributed by atoms with van der Waals surface area (Å²) in [4.78, 5) is 0. The summed E-state index contributed by atoms with van der Waals surface area (Å²) in [7, 11) is 0. The van der Waals surface area contributed by atoms with E-state index < -0.39 is 0 Å². The number of benzene rings is 1. The fourth-order valence-electron chi connectivity index (χ4n) is 1.45. The van der Waals surface area contributed by atoms with Crippen molar-refractivity contribution in [2.24, 2.45) is 0 Å². The van der Waals surface area contributed by atoms with Gasteiger partial charge in [-0.25, -0.2) is 0 Å². The number of fused-ring (bicyclic) bond motifs is 1. The molecule has 3 N–H and O–H groups in total. The Balaban J connectivity index is 2.92. The molecule has 0 atom stereocenters. The van der Waals surface area contributed by atoms with Gasteiger partial charge in [-0.2, -0.15) is 5.10 Å². The molecular formula is C9H11N3.